The zero-order chi connectivity index (χ0) is 13.2. The minimum atomic E-state index is -0.0395. The van der Waals surface area contributed by atoms with Crippen LogP contribution in [0.3, 0.4) is 0 Å². The maximum absolute atomic E-state index is 12.0. The number of carbonyl (C=O) groups is 1. The smallest absolute Gasteiger partial charge is 0.260 e. The zero-order valence-electron chi connectivity index (χ0n) is 11.0. The molecule has 92 valence electrons. The van der Waals surface area contributed by atoms with Gasteiger partial charge < -0.3 is 4.79 Å². The van der Waals surface area contributed by atoms with Crippen LogP contribution in [0.25, 0.3) is 12.2 Å². The summed E-state index contributed by atoms with van der Waals surface area (Å²) in [4.78, 5) is 12.0. The van der Waals surface area contributed by atoms with Gasteiger partial charge in [0.05, 0.1) is 5.68 Å². The molecule has 2 heteroatoms. The molecule has 0 spiro atoms. The molecular formula is C17H15BO. The maximum atomic E-state index is 12.0. The first-order valence-corrected chi connectivity index (χ1v) is 6.61. The molecule has 0 radical (unpaired) electrons. The van der Waals surface area contributed by atoms with Crippen LogP contribution in [0, 0.1) is 0 Å². The molecule has 0 fully saturated rings. The van der Waals surface area contributed by atoms with Crippen molar-refractivity contribution in [2.45, 2.75) is 13.2 Å². The summed E-state index contributed by atoms with van der Waals surface area (Å²) >= 11 is 0. The standard InChI is InChI=1S/C17H15BO/c1-13(19)18-12-16-8-3-2-6-14(16)10-11-15-7-4-5-9-17(15)18/h2-11H,12H2,1H3/b11-10-. The molecule has 0 aromatic heterocycles. The van der Waals surface area contributed by atoms with Crippen LogP contribution in [0.5, 0.6) is 0 Å². The van der Waals surface area contributed by atoms with Gasteiger partial charge in [0.2, 0.25) is 0 Å². The van der Waals surface area contributed by atoms with Crippen LogP contribution in [0.4, 0.5) is 0 Å². The van der Waals surface area contributed by atoms with E-state index in [0.29, 0.717) is 0 Å². The lowest BCUT2D eigenvalue weighted by atomic mass is 9.38. The van der Waals surface area contributed by atoms with Gasteiger partial charge in [-0.2, -0.15) is 0 Å². The lowest BCUT2D eigenvalue weighted by Gasteiger charge is -2.17. The molecule has 0 N–H and O–H groups in total. The van der Waals surface area contributed by atoms with Crippen molar-refractivity contribution < 1.29 is 4.79 Å². The summed E-state index contributed by atoms with van der Waals surface area (Å²) in [6.45, 7) is 1.65. The summed E-state index contributed by atoms with van der Waals surface area (Å²) in [5.74, 6) is 0. The first-order valence-electron chi connectivity index (χ1n) is 6.61. The Morgan fingerprint density at radius 3 is 2.37 bits per heavy atom. The number of benzene rings is 2. The molecule has 0 atom stereocenters. The minimum absolute atomic E-state index is 0.0395. The van der Waals surface area contributed by atoms with Crippen LogP contribution in [-0.2, 0) is 11.1 Å². The van der Waals surface area contributed by atoms with Crippen molar-refractivity contribution in [3.63, 3.8) is 0 Å². The minimum Gasteiger partial charge on any atom is -0.311 e. The van der Waals surface area contributed by atoms with Gasteiger partial charge >= 0.3 is 0 Å². The lowest BCUT2D eigenvalue weighted by Crippen LogP contribution is -2.42. The van der Waals surface area contributed by atoms with Gasteiger partial charge in [-0.1, -0.05) is 66.1 Å². The molecule has 1 heterocycles. The van der Waals surface area contributed by atoms with Gasteiger partial charge in [-0.25, -0.2) is 0 Å². The Morgan fingerprint density at radius 2 is 1.58 bits per heavy atom. The van der Waals surface area contributed by atoms with Crippen LogP contribution in [0.1, 0.15) is 23.6 Å². The second kappa shape index (κ2) is 4.89. The van der Waals surface area contributed by atoms with Gasteiger partial charge in [0.25, 0.3) is 6.71 Å². The monoisotopic (exact) mass is 246 g/mol. The Balaban J connectivity index is 2.19. The lowest BCUT2D eigenvalue weighted by molar-refractivity contribution is -0.110. The summed E-state index contributed by atoms with van der Waals surface area (Å²) in [5.41, 5.74) is 4.98. The molecule has 0 aliphatic carbocycles. The average Bonchev–Trinajstić information content (AvgIpc) is 2.41. The van der Waals surface area contributed by atoms with Crippen molar-refractivity contribution >= 4 is 30.0 Å². The predicted molar refractivity (Wildman–Crippen MR) is 81.6 cm³/mol. The first kappa shape index (κ1) is 12.0. The van der Waals surface area contributed by atoms with Crippen LogP contribution in [-0.4, -0.2) is 12.4 Å². The molecular weight excluding hydrogens is 231 g/mol. The van der Waals surface area contributed by atoms with Gasteiger partial charge in [0.1, 0.15) is 0 Å². The van der Waals surface area contributed by atoms with E-state index in [2.05, 4.69) is 36.4 Å². The van der Waals surface area contributed by atoms with Crippen molar-refractivity contribution in [2.24, 2.45) is 0 Å². The average molecular weight is 246 g/mol. The molecule has 2 aromatic rings. The molecule has 0 unspecified atom stereocenters. The normalized spacial score (nSPS) is 14.9. The second-order valence-electron chi connectivity index (χ2n) is 5.03. The van der Waals surface area contributed by atoms with Crippen molar-refractivity contribution in [3.05, 3.63) is 65.2 Å². The third-order valence-electron chi connectivity index (χ3n) is 3.78. The zero-order valence-corrected chi connectivity index (χ0v) is 11.0. The molecule has 19 heavy (non-hydrogen) atoms. The van der Waals surface area contributed by atoms with E-state index in [1.165, 1.54) is 11.1 Å². The predicted octanol–water partition coefficient (Wildman–Crippen LogP) is 2.78. The third-order valence-corrected chi connectivity index (χ3v) is 3.78. The molecule has 3 rings (SSSR count). The summed E-state index contributed by atoms with van der Waals surface area (Å²) in [7, 11) is 0. The largest absolute Gasteiger partial charge is 0.311 e. The summed E-state index contributed by atoms with van der Waals surface area (Å²) < 4.78 is 0. The van der Waals surface area contributed by atoms with E-state index < -0.39 is 0 Å². The Hall–Kier alpha value is -2.09. The molecule has 1 aliphatic rings. The van der Waals surface area contributed by atoms with Crippen molar-refractivity contribution in [2.75, 3.05) is 0 Å². The topological polar surface area (TPSA) is 17.1 Å². The number of fused-ring (bicyclic) bond motifs is 2. The van der Waals surface area contributed by atoms with E-state index in [1.54, 1.807) is 6.92 Å². The third kappa shape index (κ3) is 2.26. The van der Waals surface area contributed by atoms with Crippen molar-refractivity contribution in [1.29, 1.82) is 0 Å². The fraction of sp³-hybridized carbons (Fsp3) is 0.118. The van der Waals surface area contributed by atoms with Crippen LogP contribution >= 0.6 is 0 Å². The highest BCUT2D eigenvalue weighted by Crippen LogP contribution is 2.18. The highest BCUT2D eigenvalue weighted by molar-refractivity contribution is 6.99. The quantitative estimate of drug-likeness (QED) is 0.707. The fourth-order valence-corrected chi connectivity index (χ4v) is 2.73. The highest BCUT2D eigenvalue weighted by Gasteiger charge is 2.26. The van der Waals surface area contributed by atoms with E-state index in [1.807, 2.05) is 24.3 Å². The molecule has 0 amide bonds. The summed E-state index contributed by atoms with van der Waals surface area (Å²) in [6, 6.07) is 16.5. The molecule has 0 bridgehead atoms. The Morgan fingerprint density at radius 1 is 0.947 bits per heavy atom. The van der Waals surface area contributed by atoms with E-state index in [4.69, 9.17) is 0 Å². The van der Waals surface area contributed by atoms with E-state index in [9.17, 15) is 4.79 Å². The fourth-order valence-electron chi connectivity index (χ4n) is 2.73. The van der Waals surface area contributed by atoms with Gasteiger partial charge in [-0.3, -0.25) is 0 Å². The number of hydrogen-bond donors (Lipinski definition) is 0. The van der Waals surface area contributed by atoms with E-state index in [0.717, 1.165) is 17.3 Å². The summed E-state index contributed by atoms with van der Waals surface area (Å²) in [6.07, 6.45) is 5.04. The van der Waals surface area contributed by atoms with Gasteiger partial charge in [0, 0.05) is 0 Å². The van der Waals surface area contributed by atoms with Gasteiger partial charge in [-0.15, -0.1) is 0 Å². The van der Waals surface area contributed by atoms with Crippen LogP contribution in [0.2, 0.25) is 0 Å². The molecule has 1 nitrogen and oxygen atoms in total. The van der Waals surface area contributed by atoms with E-state index >= 15 is 0 Å². The number of rotatable bonds is 1. The highest BCUT2D eigenvalue weighted by atomic mass is 16.1. The van der Waals surface area contributed by atoms with Crippen molar-refractivity contribution in [1.82, 2.24) is 0 Å². The summed E-state index contributed by atoms with van der Waals surface area (Å²) in [5, 5.41) is 0. The van der Waals surface area contributed by atoms with Gasteiger partial charge in [-0.05, 0) is 29.9 Å². The molecule has 0 saturated carbocycles. The van der Waals surface area contributed by atoms with E-state index in [-0.39, 0.29) is 12.4 Å². The SMILES string of the molecule is CC(=O)B1Cc2ccccc2/C=C\c2ccccc21. The molecule has 1 aliphatic heterocycles. The maximum Gasteiger partial charge on any atom is 0.260 e. The van der Waals surface area contributed by atoms with Crippen LogP contribution < -0.4 is 5.46 Å². The molecule has 0 saturated heterocycles. The van der Waals surface area contributed by atoms with Gasteiger partial charge in [0.15, 0.2) is 0 Å². The van der Waals surface area contributed by atoms with Crippen molar-refractivity contribution in [3.8, 4) is 0 Å². The number of hydrogen-bond acceptors (Lipinski definition) is 1. The number of carbonyl (C=O) groups excluding carboxylic acids is 1. The Labute approximate surface area is 114 Å². The molecule has 2 aromatic carbocycles. The second-order valence-corrected chi connectivity index (χ2v) is 5.03. The first-order chi connectivity index (χ1) is 9.25. The van der Waals surface area contributed by atoms with Crippen LogP contribution in [0.15, 0.2) is 48.5 Å². The Bertz CT molecular complexity index is 658. The Kier molecular flexibility index (Phi) is 3.08.